The average Bonchev–Trinajstić information content (AvgIpc) is 3.27. The fourth-order valence-corrected chi connectivity index (χ4v) is 7.02. The first-order chi connectivity index (χ1) is 19.1. The molecule has 0 saturated carbocycles. The number of aromatic nitrogens is 1. The number of amides is 3. The number of aryl methyl sites for hydroxylation is 1. The van der Waals surface area contributed by atoms with Crippen LogP contribution in [-0.4, -0.2) is 77.1 Å². The lowest BCUT2D eigenvalue weighted by atomic mass is 9.91. The molecule has 0 aliphatic carbocycles. The third kappa shape index (κ3) is 5.15. The summed E-state index contributed by atoms with van der Waals surface area (Å²) in [6.45, 7) is 8.32. The summed E-state index contributed by atoms with van der Waals surface area (Å²) in [6.07, 6.45) is 3.46. The van der Waals surface area contributed by atoms with Crippen LogP contribution in [0.4, 0.5) is 10.5 Å². The first-order valence-corrected chi connectivity index (χ1v) is 14.8. The van der Waals surface area contributed by atoms with Crippen molar-refractivity contribution in [2.45, 2.75) is 51.8 Å². The van der Waals surface area contributed by atoms with Crippen LogP contribution < -0.4 is 10.2 Å². The van der Waals surface area contributed by atoms with Crippen LogP contribution in [0.3, 0.4) is 0 Å². The molecule has 3 amide bonds. The van der Waals surface area contributed by atoms with Crippen molar-refractivity contribution in [3.8, 4) is 11.1 Å². The number of piperazine rings is 1. The van der Waals surface area contributed by atoms with Crippen molar-refractivity contribution in [3.05, 3.63) is 45.9 Å². The third-order valence-electron chi connectivity index (χ3n) is 7.46. The Bertz CT molecular complexity index is 1490. The van der Waals surface area contributed by atoms with Crippen LogP contribution in [0.1, 0.15) is 37.6 Å². The number of imide groups is 1. The van der Waals surface area contributed by atoms with Crippen molar-refractivity contribution < 1.29 is 19.1 Å². The van der Waals surface area contributed by atoms with E-state index in [9.17, 15) is 14.4 Å². The summed E-state index contributed by atoms with van der Waals surface area (Å²) >= 11 is 8.21. The quantitative estimate of drug-likeness (QED) is 0.455. The van der Waals surface area contributed by atoms with E-state index in [-0.39, 0.29) is 43.6 Å². The number of likely N-dealkylation sites (tertiary alicyclic amines) is 1. The number of fused-ring (bicyclic) bond motifs is 2. The molecule has 2 aromatic heterocycles. The zero-order valence-corrected chi connectivity index (χ0v) is 24.4. The molecule has 6 rings (SSSR count). The molecule has 3 aromatic rings. The number of thiophene rings is 1. The maximum absolute atomic E-state index is 12.6. The second-order valence-electron chi connectivity index (χ2n) is 11.6. The van der Waals surface area contributed by atoms with E-state index in [1.165, 1.54) is 10.5 Å². The number of benzene rings is 1. The van der Waals surface area contributed by atoms with Crippen LogP contribution in [-0.2, 0) is 27.3 Å². The normalized spacial score (nSPS) is 18.2. The molecule has 11 heteroatoms. The van der Waals surface area contributed by atoms with Crippen LogP contribution in [0.5, 0.6) is 0 Å². The van der Waals surface area contributed by atoms with Gasteiger partial charge in [0.1, 0.15) is 5.60 Å². The van der Waals surface area contributed by atoms with E-state index < -0.39 is 5.60 Å². The number of halogens is 1. The van der Waals surface area contributed by atoms with Crippen molar-refractivity contribution in [1.82, 2.24) is 20.1 Å². The predicted molar refractivity (Wildman–Crippen MR) is 156 cm³/mol. The Morgan fingerprint density at radius 1 is 1.15 bits per heavy atom. The standard InChI is InChI=1S/C29H32ClN5O4S/c1-29(2,3)39-28(38)33-14-19(15-33)34-8-4-5-17-9-18(30)10-22(26(17)34)21-6-7-32-23-11-20(40-27(21)23)16-35-24(36)12-31-13-25(35)37/h6-7,9-11,19,31H,4-5,8,12-16H2,1-3H3. The lowest BCUT2D eigenvalue weighted by Gasteiger charge is -2.48. The number of nitrogens with one attached hydrogen (secondary N) is 1. The van der Waals surface area contributed by atoms with Gasteiger partial charge >= 0.3 is 6.09 Å². The van der Waals surface area contributed by atoms with E-state index in [0.29, 0.717) is 18.1 Å². The first-order valence-electron chi connectivity index (χ1n) is 13.6. The largest absolute Gasteiger partial charge is 0.444 e. The number of hydrogen-bond donors (Lipinski definition) is 1. The smallest absolute Gasteiger partial charge is 0.410 e. The minimum absolute atomic E-state index is 0.164. The lowest BCUT2D eigenvalue weighted by molar-refractivity contribution is -0.147. The van der Waals surface area contributed by atoms with E-state index in [1.807, 2.05) is 39.0 Å². The third-order valence-corrected chi connectivity index (χ3v) is 8.82. The number of anilines is 1. The number of hydrogen-bond acceptors (Lipinski definition) is 8. The maximum atomic E-state index is 12.6. The number of pyridine rings is 1. The number of nitrogens with zero attached hydrogens (tertiary/aromatic N) is 4. The van der Waals surface area contributed by atoms with E-state index >= 15 is 0 Å². The zero-order valence-electron chi connectivity index (χ0n) is 22.8. The summed E-state index contributed by atoms with van der Waals surface area (Å²) in [4.78, 5) is 48.3. The molecule has 1 N–H and O–H groups in total. The lowest BCUT2D eigenvalue weighted by Crippen LogP contribution is -2.62. The molecular formula is C29H32ClN5O4S. The molecule has 0 atom stereocenters. The zero-order chi connectivity index (χ0) is 28.2. The molecule has 210 valence electrons. The highest BCUT2D eigenvalue weighted by Crippen LogP contribution is 2.45. The topological polar surface area (TPSA) is 95.1 Å². The first kappa shape index (κ1) is 27.0. The van der Waals surface area contributed by atoms with Crippen LogP contribution in [0.2, 0.25) is 5.02 Å². The number of ether oxygens (including phenoxy) is 1. The van der Waals surface area contributed by atoms with Crippen LogP contribution >= 0.6 is 22.9 Å². The van der Waals surface area contributed by atoms with Gasteiger partial charge < -0.3 is 14.5 Å². The second-order valence-corrected chi connectivity index (χ2v) is 13.1. The van der Waals surface area contributed by atoms with Crippen molar-refractivity contribution in [3.63, 3.8) is 0 Å². The summed E-state index contributed by atoms with van der Waals surface area (Å²) in [5.41, 5.74) is 4.70. The Labute approximate surface area is 242 Å². The van der Waals surface area contributed by atoms with Gasteiger partial charge in [0, 0.05) is 52.5 Å². The molecule has 3 aliphatic heterocycles. The predicted octanol–water partition coefficient (Wildman–Crippen LogP) is 4.45. The molecule has 0 spiro atoms. The molecule has 5 heterocycles. The molecule has 3 aliphatic rings. The minimum Gasteiger partial charge on any atom is -0.444 e. The van der Waals surface area contributed by atoms with Gasteiger partial charge in [-0.1, -0.05) is 11.6 Å². The molecule has 2 fully saturated rings. The van der Waals surface area contributed by atoms with Crippen LogP contribution in [0, 0.1) is 0 Å². The Morgan fingerprint density at radius 3 is 2.62 bits per heavy atom. The van der Waals surface area contributed by atoms with Crippen molar-refractivity contribution in [1.29, 1.82) is 0 Å². The number of carbonyl (C=O) groups is 3. The summed E-state index contributed by atoms with van der Waals surface area (Å²) in [6, 6.07) is 8.23. The van der Waals surface area contributed by atoms with Crippen molar-refractivity contribution in [2.75, 3.05) is 37.6 Å². The monoisotopic (exact) mass is 581 g/mol. The summed E-state index contributed by atoms with van der Waals surface area (Å²) in [7, 11) is 0. The van der Waals surface area contributed by atoms with Crippen molar-refractivity contribution in [2.24, 2.45) is 0 Å². The Morgan fingerprint density at radius 2 is 1.90 bits per heavy atom. The highest BCUT2D eigenvalue weighted by molar-refractivity contribution is 7.19. The molecule has 2 saturated heterocycles. The van der Waals surface area contributed by atoms with Gasteiger partial charge in [0.25, 0.3) is 0 Å². The van der Waals surface area contributed by atoms with Gasteiger partial charge in [-0.05, 0) is 63.4 Å². The van der Waals surface area contributed by atoms with Crippen molar-refractivity contribution >= 4 is 56.7 Å². The Hall–Kier alpha value is -3.21. The Kier molecular flexibility index (Phi) is 6.96. The fraction of sp³-hybridized carbons (Fsp3) is 0.448. The molecule has 9 nitrogen and oxygen atoms in total. The van der Waals surface area contributed by atoms with Crippen LogP contribution in [0.15, 0.2) is 30.5 Å². The summed E-state index contributed by atoms with van der Waals surface area (Å²) in [5, 5.41) is 3.52. The van der Waals surface area contributed by atoms with E-state index in [4.69, 9.17) is 16.3 Å². The molecular weight excluding hydrogens is 550 g/mol. The highest BCUT2D eigenvalue weighted by Gasteiger charge is 2.39. The van der Waals surface area contributed by atoms with Gasteiger partial charge in [0.2, 0.25) is 11.8 Å². The summed E-state index contributed by atoms with van der Waals surface area (Å²) < 4.78 is 6.56. The number of rotatable bonds is 4. The molecule has 40 heavy (non-hydrogen) atoms. The molecule has 0 bridgehead atoms. The summed E-state index contributed by atoms with van der Waals surface area (Å²) in [5.74, 6) is -0.440. The van der Waals surface area contributed by atoms with Gasteiger partial charge in [0.05, 0.1) is 35.9 Å². The minimum atomic E-state index is -0.526. The van der Waals surface area contributed by atoms with E-state index in [1.54, 1.807) is 22.4 Å². The highest BCUT2D eigenvalue weighted by atomic mass is 35.5. The molecule has 1 aromatic carbocycles. The molecule has 0 unspecified atom stereocenters. The fourth-order valence-electron chi connectivity index (χ4n) is 5.65. The van der Waals surface area contributed by atoms with E-state index in [2.05, 4.69) is 21.3 Å². The van der Waals surface area contributed by atoms with Crippen LogP contribution in [0.25, 0.3) is 21.3 Å². The van der Waals surface area contributed by atoms with Gasteiger partial charge in [-0.2, -0.15) is 0 Å². The van der Waals surface area contributed by atoms with Gasteiger partial charge in [-0.25, -0.2) is 4.79 Å². The van der Waals surface area contributed by atoms with E-state index in [0.717, 1.165) is 51.3 Å². The maximum Gasteiger partial charge on any atom is 0.410 e. The SMILES string of the molecule is CC(C)(C)OC(=O)N1CC(N2CCCc3cc(Cl)cc(-c4ccnc5cc(CN6C(=O)CNCC6=O)sc45)c32)C1. The second kappa shape index (κ2) is 10.3. The van der Waals surface area contributed by atoms with Gasteiger partial charge in [-0.3, -0.25) is 24.8 Å². The van der Waals surface area contributed by atoms with Gasteiger partial charge in [0.15, 0.2) is 0 Å². The van der Waals surface area contributed by atoms with Gasteiger partial charge in [-0.15, -0.1) is 11.3 Å². The average molecular weight is 582 g/mol. The Balaban J connectivity index is 1.33. The molecule has 0 radical (unpaired) electrons. The number of carbonyl (C=O) groups excluding carboxylic acids is 3.